The number of likely N-dealkylation sites (tertiary alicyclic amines) is 1. The third-order valence-corrected chi connectivity index (χ3v) is 13.1. The van der Waals surface area contributed by atoms with E-state index in [0.717, 1.165) is 18.4 Å². The Balaban J connectivity index is 1.77. The molecule has 0 bridgehead atoms. The maximum Gasteiger partial charge on any atom is 0.264 e. The van der Waals surface area contributed by atoms with Gasteiger partial charge in [-0.25, -0.2) is 13.1 Å². The first kappa shape index (κ1) is 46.3. The maximum atomic E-state index is 14.2. The number of rotatable bonds is 20. The standard InChI is InChI=1S/C40H68N6O8S/c1-13-26(6)35(45(10)39(50)33(24(2)3)42-38(49)34(25(4)5)44(8)9)31(53-11)23-32(47)46-22-14-15-30(46)36(54-12)27(7)37(48)43-55(51,52)29-18-16-28(17-19-29)40(41)20-21-40/h16-19,24-27,30-31,33-36H,13-15,20-23,41H2,1-12H3,(H,42,49)(H,43,48)/t26-,27+,30-,31+,33?,34-,35-,36+/m0/s1. The average molecular weight is 793 g/mol. The lowest BCUT2D eigenvalue weighted by Gasteiger charge is -2.41. The molecule has 1 heterocycles. The molecule has 0 aromatic heterocycles. The fourth-order valence-electron chi connectivity index (χ4n) is 8.08. The normalized spacial score (nSPS) is 20.7. The Hall–Kier alpha value is -3.11. The third kappa shape index (κ3) is 11.1. The van der Waals surface area contributed by atoms with Crippen molar-refractivity contribution >= 4 is 33.7 Å². The van der Waals surface area contributed by atoms with Crippen LogP contribution in [0.5, 0.6) is 0 Å². The van der Waals surface area contributed by atoms with Crippen molar-refractivity contribution in [2.45, 2.75) is 134 Å². The lowest BCUT2D eigenvalue weighted by Crippen LogP contribution is -2.59. The molecule has 1 unspecified atom stereocenters. The number of hydrogen-bond donors (Lipinski definition) is 3. The number of likely N-dealkylation sites (N-methyl/N-ethyl adjacent to an activating group) is 2. The van der Waals surface area contributed by atoms with E-state index < -0.39 is 63.8 Å². The molecule has 0 spiro atoms. The van der Waals surface area contributed by atoms with Crippen molar-refractivity contribution in [3.05, 3.63) is 29.8 Å². The van der Waals surface area contributed by atoms with Crippen LogP contribution in [0.1, 0.15) is 92.6 Å². The third-order valence-electron chi connectivity index (χ3n) is 11.7. The monoisotopic (exact) mass is 792 g/mol. The lowest BCUT2D eigenvalue weighted by atomic mass is 9.89. The summed E-state index contributed by atoms with van der Waals surface area (Å²) in [6.45, 7) is 13.8. The van der Waals surface area contributed by atoms with Crippen molar-refractivity contribution in [1.82, 2.24) is 24.7 Å². The molecule has 55 heavy (non-hydrogen) atoms. The molecule has 312 valence electrons. The molecule has 1 aromatic carbocycles. The van der Waals surface area contributed by atoms with Gasteiger partial charge >= 0.3 is 0 Å². The van der Waals surface area contributed by atoms with Gasteiger partial charge in [0.15, 0.2) is 0 Å². The smallest absolute Gasteiger partial charge is 0.264 e. The zero-order chi connectivity index (χ0) is 41.6. The van der Waals surface area contributed by atoms with E-state index in [9.17, 15) is 27.6 Å². The van der Waals surface area contributed by atoms with Crippen molar-refractivity contribution in [3.8, 4) is 0 Å². The first-order valence-electron chi connectivity index (χ1n) is 19.7. The molecule has 3 rings (SSSR count). The molecular formula is C40H68N6O8S. The molecule has 1 aliphatic heterocycles. The largest absolute Gasteiger partial charge is 0.379 e. The highest BCUT2D eigenvalue weighted by Crippen LogP contribution is 2.42. The Morgan fingerprint density at radius 3 is 2.02 bits per heavy atom. The van der Waals surface area contributed by atoms with Crippen LogP contribution in [-0.2, 0) is 44.2 Å². The second-order valence-corrected chi connectivity index (χ2v) is 18.3. The van der Waals surface area contributed by atoms with Crippen LogP contribution in [0.2, 0.25) is 0 Å². The number of ether oxygens (including phenoxy) is 2. The van der Waals surface area contributed by atoms with Gasteiger partial charge < -0.3 is 30.3 Å². The molecule has 2 fully saturated rings. The quantitative estimate of drug-likeness (QED) is 0.178. The van der Waals surface area contributed by atoms with Gasteiger partial charge in [-0.2, -0.15) is 0 Å². The second kappa shape index (κ2) is 19.4. The Labute approximate surface area is 329 Å². The van der Waals surface area contributed by atoms with Crippen LogP contribution in [0.25, 0.3) is 0 Å². The number of carbonyl (C=O) groups is 4. The van der Waals surface area contributed by atoms with Gasteiger partial charge in [0.2, 0.25) is 23.6 Å². The van der Waals surface area contributed by atoms with Gasteiger partial charge in [0.25, 0.3) is 10.0 Å². The van der Waals surface area contributed by atoms with E-state index in [1.165, 1.54) is 26.4 Å². The summed E-state index contributed by atoms with van der Waals surface area (Å²) in [4.78, 5) is 60.4. The Kier molecular flexibility index (Phi) is 16.3. The van der Waals surface area contributed by atoms with Crippen molar-refractivity contribution < 1.29 is 37.1 Å². The van der Waals surface area contributed by atoms with Crippen LogP contribution in [0.3, 0.4) is 0 Å². The molecular weight excluding hydrogens is 725 g/mol. The van der Waals surface area contributed by atoms with E-state index in [1.54, 1.807) is 35.9 Å². The van der Waals surface area contributed by atoms with Crippen LogP contribution in [0.4, 0.5) is 0 Å². The first-order chi connectivity index (χ1) is 25.6. The molecule has 1 aromatic rings. The summed E-state index contributed by atoms with van der Waals surface area (Å²) in [6.07, 6.45) is 2.09. The average Bonchev–Trinajstić information content (AvgIpc) is 3.69. The molecule has 15 heteroatoms. The van der Waals surface area contributed by atoms with E-state index in [1.807, 2.05) is 60.5 Å². The van der Waals surface area contributed by atoms with E-state index in [0.29, 0.717) is 25.8 Å². The predicted molar refractivity (Wildman–Crippen MR) is 212 cm³/mol. The Morgan fingerprint density at radius 2 is 1.55 bits per heavy atom. The minimum absolute atomic E-state index is 0.0273. The van der Waals surface area contributed by atoms with Gasteiger partial charge in [0.1, 0.15) is 6.04 Å². The Bertz CT molecular complexity index is 1570. The zero-order valence-corrected chi connectivity index (χ0v) is 35.9. The first-order valence-corrected chi connectivity index (χ1v) is 21.2. The van der Waals surface area contributed by atoms with Gasteiger partial charge in [-0.05, 0) is 75.2 Å². The van der Waals surface area contributed by atoms with Crippen molar-refractivity contribution in [2.75, 3.05) is 41.9 Å². The summed E-state index contributed by atoms with van der Waals surface area (Å²) in [5.74, 6) is -2.61. The van der Waals surface area contributed by atoms with Gasteiger partial charge in [0.05, 0.1) is 47.6 Å². The van der Waals surface area contributed by atoms with E-state index in [4.69, 9.17) is 15.2 Å². The number of nitrogens with zero attached hydrogens (tertiary/aromatic N) is 3. The van der Waals surface area contributed by atoms with Crippen LogP contribution >= 0.6 is 0 Å². The van der Waals surface area contributed by atoms with E-state index in [-0.39, 0.29) is 46.8 Å². The van der Waals surface area contributed by atoms with Crippen LogP contribution in [0, 0.1) is 23.7 Å². The minimum Gasteiger partial charge on any atom is -0.379 e. The number of methoxy groups -OCH3 is 2. The molecule has 8 atom stereocenters. The van der Waals surface area contributed by atoms with E-state index in [2.05, 4.69) is 10.0 Å². The molecule has 1 aliphatic carbocycles. The van der Waals surface area contributed by atoms with Gasteiger partial charge in [-0.1, -0.05) is 67.0 Å². The summed E-state index contributed by atoms with van der Waals surface area (Å²) in [6, 6.07) is 4.05. The Morgan fingerprint density at radius 1 is 0.945 bits per heavy atom. The SMILES string of the molecule is CC[C@H](C)[C@@H]([C@@H](CC(=O)N1CCC[C@H]1[C@H](OC)[C@@H](C)C(=O)NS(=O)(=O)c1ccc(C2(N)CC2)cc1)OC)N(C)C(=O)C(NC(=O)[C@H](C(C)C)N(C)C)C(C)C. The van der Waals surface area contributed by atoms with Crippen molar-refractivity contribution in [1.29, 1.82) is 0 Å². The maximum absolute atomic E-state index is 14.2. The van der Waals surface area contributed by atoms with Gasteiger partial charge in [-0.3, -0.25) is 24.1 Å². The molecule has 14 nitrogen and oxygen atoms in total. The van der Waals surface area contributed by atoms with Gasteiger partial charge in [-0.15, -0.1) is 0 Å². The topological polar surface area (TPSA) is 181 Å². The number of sulfonamides is 1. The highest BCUT2D eigenvalue weighted by atomic mass is 32.2. The van der Waals surface area contributed by atoms with Crippen LogP contribution < -0.4 is 15.8 Å². The molecule has 4 amide bonds. The van der Waals surface area contributed by atoms with Crippen LogP contribution in [0.15, 0.2) is 29.2 Å². The minimum atomic E-state index is -4.18. The summed E-state index contributed by atoms with van der Waals surface area (Å²) >= 11 is 0. The molecule has 0 radical (unpaired) electrons. The predicted octanol–water partition coefficient (Wildman–Crippen LogP) is 3.09. The number of hydrogen-bond acceptors (Lipinski definition) is 10. The highest BCUT2D eigenvalue weighted by molar-refractivity contribution is 7.90. The number of benzene rings is 1. The second-order valence-electron chi connectivity index (χ2n) is 16.6. The molecule has 4 N–H and O–H groups in total. The molecule has 1 saturated heterocycles. The summed E-state index contributed by atoms with van der Waals surface area (Å²) in [5, 5.41) is 3.02. The summed E-state index contributed by atoms with van der Waals surface area (Å²) < 4.78 is 40.4. The van der Waals surface area contributed by atoms with E-state index >= 15 is 0 Å². The molecule has 1 saturated carbocycles. The lowest BCUT2D eigenvalue weighted by molar-refractivity contribution is -0.148. The number of amides is 4. The number of nitrogens with one attached hydrogen (secondary N) is 2. The van der Waals surface area contributed by atoms with Gasteiger partial charge in [0, 0.05) is 33.4 Å². The van der Waals surface area contributed by atoms with Crippen molar-refractivity contribution in [3.63, 3.8) is 0 Å². The highest BCUT2D eigenvalue weighted by Gasteiger charge is 2.44. The zero-order valence-electron chi connectivity index (χ0n) is 35.1. The van der Waals surface area contributed by atoms with Crippen molar-refractivity contribution in [2.24, 2.45) is 29.4 Å². The molecule has 2 aliphatic rings. The number of carbonyl (C=O) groups excluding carboxylic acids is 4. The summed E-state index contributed by atoms with van der Waals surface area (Å²) in [5.41, 5.74) is 6.68. The fraction of sp³-hybridized carbons (Fsp3) is 0.750. The van der Waals surface area contributed by atoms with Crippen LogP contribution in [-0.4, -0.2) is 125 Å². The fourth-order valence-corrected chi connectivity index (χ4v) is 9.15. The number of nitrogens with two attached hydrogens (primary N) is 1. The summed E-state index contributed by atoms with van der Waals surface area (Å²) in [7, 11) is 4.18.